The highest BCUT2D eigenvalue weighted by molar-refractivity contribution is 5.90. The molecule has 23 heavy (non-hydrogen) atoms. The summed E-state index contributed by atoms with van der Waals surface area (Å²) >= 11 is 0. The molecule has 1 heterocycles. The number of amides is 2. The molecule has 1 saturated heterocycles. The summed E-state index contributed by atoms with van der Waals surface area (Å²) in [4.78, 5) is 13.4. The predicted octanol–water partition coefficient (Wildman–Crippen LogP) is 2.92. The van der Waals surface area contributed by atoms with E-state index in [4.69, 9.17) is 4.74 Å². The molecule has 128 valence electrons. The zero-order valence-corrected chi connectivity index (χ0v) is 12.9. The van der Waals surface area contributed by atoms with Crippen LogP contribution in [0.2, 0.25) is 0 Å². The first-order valence-corrected chi connectivity index (χ1v) is 7.16. The van der Waals surface area contributed by atoms with Crippen LogP contribution in [0.15, 0.2) is 18.2 Å². The maximum Gasteiger partial charge on any atom is 0.417 e. The minimum absolute atomic E-state index is 0.156. The summed E-state index contributed by atoms with van der Waals surface area (Å²) in [5.74, 6) is 0.647. The van der Waals surface area contributed by atoms with Gasteiger partial charge in [-0.1, -0.05) is 0 Å². The second-order valence-corrected chi connectivity index (χ2v) is 5.63. The average molecular weight is 332 g/mol. The second-order valence-electron chi connectivity index (χ2n) is 5.63. The van der Waals surface area contributed by atoms with Crippen molar-refractivity contribution in [2.45, 2.75) is 31.5 Å². The lowest BCUT2D eigenvalue weighted by Gasteiger charge is -2.39. The molecule has 2 rings (SSSR count). The fraction of sp³-hybridized carbons (Fsp3) is 0.533. The number of halogens is 3. The minimum Gasteiger partial charge on any atom is -0.497 e. The van der Waals surface area contributed by atoms with Gasteiger partial charge in [-0.05, 0) is 30.7 Å². The number of ether oxygens (including phenoxy) is 1. The Bertz CT molecular complexity index is 582. The minimum atomic E-state index is -4.68. The number of benzene rings is 1. The first kappa shape index (κ1) is 17.4. The van der Waals surface area contributed by atoms with Crippen LogP contribution in [0, 0.1) is 6.92 Å². The number of hydrogen-bond donors (Lipinski definition) is 2. The highest BCUT2D eigenvalue weighted by atomic mass is 19.4. The van der Waals surface area contributed by atoms with Crippen LogP contribution in [0.4, 0.5) is 23.7 Å². The van der Waals surface area contributed by atoms with Crippen LogP contribution >= 0.6 is 0 Å². The third-order valence-electron chi connectivity index (χ3n) is 4.08. The van der Waals surface area contributed by atoms with Gasteiger partial charge in [-0.2, -0.15) is 13.2 Å². The van der Waals surface area contributed by atoms with Crippen LogP contribution in [-0.4, -0.2) is 48.0 Å². The van der Waals surface area contributed by atoms with Gasteiger partial charge in [0.25, 0.3) is 0 Å². The number of carbonyl (C=O) groups excluding carboxylic acids is 1. The van der Waals surface area contributed by atoms with Gasteiger partial charge in [-0.15, -0.1) is 0 Å². The quantitative estimate of drug-likeness (QED) is 0.875. The van der Waals surface area contributed by atoms with Gasteiger partial charge < -0.3 is 20.1 Å². The summed E-state index contributed by atoms with van der Waals surface area (Å²) < 4.78 is 43.3. The first-order chi connectivity index (χ1) is 10.7. The molecule has 0 atom stereocenters. The number of piperidine rings is 1. The van der Waals surface area contributed by atoms with E-state index in [0.717, 1.165) is 5.56 Å². The number of hydrogen-bond acceptors (Lipinski definition) is 3. The van der Waals surface area contributed by atoms with E-state index in [9.17, 15) is 23.1 Å². The van der Waals surface area contributed by atoms with Crippen molar-refractivity contribution in [2.75, 3.05) is 25.5 Å². The van der Waals surface area contributed by atoms with Gasteiger partial charge in [0.15, 0.2) is 5.60 Å². The van der Waals surface area contributed by atoms with Crippen molar-refractivity contribution in [3.8, 4) is 5.75 Å². The number of urea groups is 1. The number of methoxy groups -OCH3 is 1. The largest absolute Gasteiger partial charge is 0.497 e. The number of nitrogens with zero attached hydrogens (tertiary/aromatic N) is 1. The van der Waals surface area contributed by atoms with Crippen molar-refractivity contribution in [3.05, 3.63) is 23.8 Å². The van der Waals surface area contributed by atoms with E-state index in [-0.39, 0.29) is 13.1 Å². The van der Waals surface area contributed by atoms with Crippen molar-refractivity contribution >= 4 is 11.7 Å². The van der Waals surface area contributed by atoms with E-state index in [1.54, 1.807) is 25.1 Å². The lowest BCUT2D eigenvalue weighted by atomic mass is 9.91. The number of alkyl halides is 3. The van der Waals surface area contributed by atoms with Crippen LogP contribution in [0.5, 0.6) is 5.75 Å². The third-order valence-corrected chi connectivity index (χ3v) is 4.08. The molecule has 1 aliphatic heterocycles. The summed E-state index contributed by atoms with van der Waals surface area (Å²) in [6, 6.07) is 4.61. The third kappa shape index (κ3) is 3.69. The molecule has 0 saturated carbocycles. The zero-order valence-electron chi connectivity index (χ0n) is 12.9. The van der Waals surface area contributed by atoms with Crippen molar-refractivity contribution in [3.63, 3.8) is 0 Å². The van der Waals surface area contributed by atoms with Crippen LogP contribution in [0.25, 0.3) is 0 Å². The van der Waals surface area contributed by atoms with Crippen LogP contribution < -0.4 is 10.1 Å². The maximum absolute atomic E-state index is 12.7. The van der Waals surface area contributed by atoms with Gasteiger partial charge >= 0.3 is 12.2 Å². The van der Waals surface area contributed by atoms with E-state index in [2.05, 4.69) is 5.32 Å². The monoisotopic (exact) mass is 332 g/mol. The molecule has 1 fully saturated rings. The number of rotatable bonds is 2. The molecular weight excluding hydrogens is 313 g/mol. The van der Waals surface area contributed by atoms with Crippen LogP contribution in [0.3, 0.4) is 0 Å². The van der Waals surface area contributed by atoms with Gasteiger partial charge in [0, 0.05) is 31.6 Å². The van der Waals surface area contributed by atoms with Gasteiger partial charge in [0.1, 0.15) is 5.75 Å². The first-order valence-electron chi connectivity index (χ1n) is 7.16. The molecule has 0 aromatic heterocycles. The van der Waals surface area contributed by atoms with E-state index < -0.39 is 30.7 Å². The maximum atomic E-state index is 12.7. The number of likely N-dealkylation sites (tertiary alicyclic amines) is 1. The normalized spacial score (nSPS) is 17.7. The number of aryl methyl sites for hydroxylation is 1. The Morgan fingerprint density at radius 3 is 2.43 bits per heavy atom. The molecule has 8 heteroatoms. The van der Waals surface area contributed by atoms with Gasteiger partial charge in [0.05, 0.1) is 7.11 Å². The van der Waals surface area contributed by atoms with E-state index >= 15 is 0 Å². The van der Waals surface area contributed by atoms with E-state index in [1.807, 2.05) is 0 Å². The summed E-state index contributed by atoms with van der Waals surface area (Å²) in [6.45, 7) is 1.48. The molecular formula is C15H19F3N2O3. The van der Waals surface area contributed by atoms with E-state index in [0.29, 0.717) is 11.4 Å². The van der Waals surface area contributed by atoms with Crippen LogP contribution in [-0.2, 0) is 0 Å². The molecule has 2 N–H and O–H groups in total. The topological polar surface area (TPSA) is 61.8 Å². The molecule has 0 bridgehead atoms. The van der Waals surface area contributed by atoms with Crippen molar-refractivity contribution < 1.29 is 27.8 Å². The molecule has 1 aromatic carbocycles. The van der Waals surface area contributed by atoms with Gasteiger partial charge in [-0.25, -0.2) is 4.79 Å². The lowest BCUT2D eigenvalue weighted by Crippen LogP contribution is -2.55. The van der Waals surface area contributed by atoms with E-state index in [1.165, 1.54) is 12.0 Å². The number of aliphatic hydroxyl groups is 1. The highest BCUT2D eigenvalue weighted by Gasteiger charge is 2.54. The molecule has 0 spiro atoms. The molecule has 1 aromatic rings. The SMILES string of the molecule is COc1ccc(NC(=O)N2CCC(O)(C(F)(F)F)CC2)c(C)c1. The fourth-order valence-electron chi connectivity index (χ4n) is 2.46. The second kappa shape index (κ2) is 6.27. The highest BCUT2D eigenvalue weighted by Crippen LogP contribution is 2.38. The number of nitrogens with one attached hydrogen (secondary N) is 1. The average Bonchev–Trinajstić information content (AvgIpc) is 2.48. The molecule has 2 amide bonds. The summed E-state index contributed by atoms with van der Waals surface area (Å²) in [7, 11) is 1.53. The molecule has 0 unspecified atom stereocenters. The van der Waals surface area contributed by atoms with Crippen LogP contribution in [0.1, 0.15) is 18.4 Å². The Kier molecular flexibility index (Phi) is 4.74. The molecule has 0 aliphatic carbocycles. The number of carbonyl (C=O) groups is 1. The Morgan fingerprint density at radius 1 is 1.35 bits per heavy atom. The number of anilines is 1. The fourth-order valence-corrected chi connectivity index (χ4v) is 2.46. The lowest BCUT2D eigenvalue weighted by molar-refractivity contribution is -0.271. The predicted molar refractivity (Wildman–Crippen MR) is 78.6 cm³/mol. The van der Waals surface area contributed by atoms with Gasteiger partial charge in [0.2, 0.25) is 0 Å². The Morgan fingerprint density at radius 2 is 1.96 bits per heavy atom. The molecule has 1 aliphatic rings. The van der Waals surface area contributed by atoms with Crippen molar-refractivity contribution in [2.24, 2.45) is 0 Å². The summed E-state index contributed by atoms with van der Waals surface area (Å²) in [5.41, 5.74) is -1.37. The standard InChI is InChI=1S/C15H19F3N2O3/c1-10-9-11(23-2)3-4-12(10)19-13(21)20-7-5-14(22,6-8-20)15(16,17)18/h3-4,9,22H,5-8H2,1-2H3,(H,19,21). The molecule has 0 radical (unpaired) electrons. The van der Waals surface area contributed by atoms with Crippen molar-refractivity contribution in [1.82, 2.24) is 4.90 Å². The zero-order chi connectivity index (χ0) is 17.3. The van der Waals surface area contributed by atoms with Gasteiger partial charge in [-0.3, -0.25) is 0 Å². The Balaban J connectivity index is 1.98. The smallest absolute Gasteiger partial charge is 0.417 e. The molecule has 5 nitrogen and oxygen atoms in total. The summed E-state index contributed by atoms with van der Waals surface area (Å²) in [5, 5.41) is 12.3. The Labute approximate surface area is 132 Å². The Hall–Kier alpha value is -1.96. The summed E-state index contributed by atoms with van der Waals surface area (Å²) in [6.07, 6.45) is -5.72. The van der Waals surface area contributed by atoms with Crippen molar-refractivity contribution in [1.29, 1.82) is 0 Å².